The fourth-order valence-electron chi connectivity index (χ4n) is 2.85. The molecule has 0 heterocycles. The topological polar surface area (TPSA) is 109 Å². The van der Waals surface area contributed by atoms with Crippen LogP contribution in [0, 0.1) is 0 Å². The first-order valence-electron chi connectivity index (χ1n) is 8.57. The van der Waals surface area contributed by atoms with E-state index in [-0.39, 0.29) is 17.9 Å². The number of benzene rings is 1. The molecule has 1 amide bonds. The van der Waals surface area contributed by atoms with E-state index in [4.69, 9.17) is 0 Å². The molecule has 0 saturated heterocycles. The van der Waals surface area contributed by atoms with Crippen LogP contribution in [0.5, 0.6) is 0 Å². The minimum Gasteiger partial charge on any atom is -0.326 e. The standard InChI is InChI=1S/C16H21F3N2O5S2/c17-16(18,19)11-20-28(25,26)14-7-5-12(6-8-14)21-15(22)9-10-27(23,24)13-3-1-2-4-13/h5-8,13,20H,1-4,9-11H2,(H,21,22). The Labute approximate surface area is 161 Å². The summed E-state index contributed by atoms with van der Waals surface area (Å²) in [4.78, 5) is 11.5. The van der Waals surface area contributed by atoms with Crippen molar-refractivity contribution >= 4 is 31.5 Å². The van der Waals surface area contributed by atoms with Crippen molar-refractivity contribution in [2.45, 2.75) is 48.4 Å². The number of amides is 1. The summed E-state index contributed by atoms with van der Waals surface area (Å²) in [5, 5.41) is 2.05. The van der Waals surface area contributed by atoms with Gasteiger partial charge >= 0.3 is 6.18 Å². The quantitative estimate of drug-likeness (QED) is 0.642. The van der Waals surface area contributed by atoms with Crippen LogP contribution in [0.3, 0.4) is 0 Å². The zero-order valence-corrected chi connectivity index (χ0v) is 16.5. The lowest BCUT2D eigenvalue weighted by atomic mass is 10.3. The Morgan fingerprint density at radius 2 is 1.61 bits per heavy atom. The Morgan fingerprint density at radius 3 is 2.14 bits per heavy atom. The minimum absolute atomic E-state index is 0.207. The molecule has 0 aromatic heterocycles. The molecular formula is C16H21F3N2O5S2. The predicted molar refractivity (Wildman–Crippen MR) is 97.0 cm³/mol. The van der Waals surface area contributed by atoms with Crippen LogP contribution < -0.4 is 10.0 Å². The Hall–Kier alpha value is -1.66. The Kier molecular flexibility index (Phi) is 7.10. The third-order valence-electron chi connectivity index (χ3n) is 4.33. The van der Waals surface area contributed by atoms with Crippen LogP contribution in [0.1, 0.15) is 32.1 Å². The molecule has 158 valence electrons. The van der Waals surface area contributed by atoms with Crippen LogP contribution in [0.15, 0.2) is 29.2 Å². The molecule has 12 heteroatoms. The van der Waals surface area contributed by atoms with E-state index in [0.29, 0.717) is 12.8 Å². The molecule has 0 aliphatic heterocycles. The molecule has 0 bridgehead atoms. The summed E-state index contributed by atoms with van der Waals surface area (Å²) in [5.41, 5.74) is 0.207. The number of anilines is 1. The fraction of sp³-hybridized carbons (Fsp3) is 0.562. The summed E-state index contributed by atoms with van der Waals surface area (Å²) in [5.74, 6) is -0.815. The zero-order chi connectivity index (χ0) is 21.0. The van der Waals surface area contributed by atoms with E-state index in [1.54, 1.807) is 0 Å². The SMILES string of the molecule is O=C(CCS(=O)(=O)C1CCCC1)Nc1ccc(S(=O)(=O)NCC(F)(F)F)cc1. The van der Waals surface area contributed by atoms with E-state index in [0.717, 1.165) is 25.0 Å². The number of sulfonamides is 1. The van der Waals surface area contributed by atoms with Gasteiger partial charge in [0, 0.05) is 12.1 Å². The van der Waals surface area contributed by atoms with E-state index in [1.807, 2.05) is 0 Å². The third kappa shape index (κ3) is 6.74. The number of nitrogens with one attached hydrogen (secondary N) is 2. The number of hydrogen-bond acceptors (Lipinski definition) is 5. The predicted octanol–water partition coefficient (Wildman–Crippen LogP) is 2.21. The Balaban J connectivity index is 1.90. The van der Waals surface area contributed by atoms with E-state index < -0.39 is 48.6 Å². The van der Waals surface area contributed by atoms with Crippen LogP contribution in [0.2, 0.25) is 0 Å². The molecule has 1 aliphatic rings. The number of hydrogen-bond donors (Lipinski definition) is 2. The van der Waals surface area contributed by atoms with Crippen LogP contribution in [0.25, 0.3) is 0 Å². The number of carbonyl (C=O) groups excluding carboxylic acids is 1. The van der Waals surface area contributed by atoms with Gasteiger partial charge in [-0.05, 0) is 37.1 Å². The van der Waals surface area contributed by atoms with Crippen molar-refractivity contribution in [2.24, 2.45) is 0 Å². The van der Waals surface area contributed by atoms with Crippen molar-refractivity contribution in [1.29, 1.82) is 0 Å². The molecule has 1 aliphatic carbocycles. The molecule has 28 heavy (non-hydrogen) atoms. The highest BCUT2D eigenvalue weighted by Gasteiger charge is 2.30. The van der Waals surface area contributed by atoms with Gasteiger partial charge in [0.25, 0.3) is 0 Å². The maximum Gasteiger partial charge on any atom is 0.402 e. The number of carbonyl (C=O) groups is 1. The van der Waals surface area contributed by atoms with Crippen LogP contribution in [-0.2, 0) is 24.7 Å². The van der Waals surface area contributed by atoms with Gasteiger partial charge in [-0.15, -0.1) is 0 Å². The number of rotatable bonds is 8. The molecule has 2 rings (SSSR count). The lowest BCUT2D eigenvalue weighted by molar-refractivity contribution is -0.121. The Bertz CT molecular complexity index is 891. The van der Waals surface area contributed by atoms with Gasteiger partial charge < -0.3 is 5.32 Å². The van der Waals surface area contributed by atoms with Gasteiger partial charge in [0.1, 0.15) is 6.54 Å². The maximum atomic E-state index is 12.1. The highest BCUT2D eigenvalue weighted by molar-refractivity contribution is 7.92. The summed E-state index contributed by atoms with van der Waals surface area (Å²) in [7, 11) is -7.67. The average molecular weight is 442 g/mol. The first-order valence-corrected chi connectivity index (χ1v) is 11.8. The van der Waals surface area contributed by atoms with Crippen LogP contribution >= 0.6 is 0 Å². The second kappa shape index (κ2) is 8.78. The molecule has 1 fully saturated rings. The normalized spacial score (nSPS) is 16.2. The summed E-state index contributed by atoms with van der Waals surface area (Å²) >= 11 is 0. The first kappa shape index (κ1) is 22.6. The molecule has 0 radical (unpaired) electrons. The summed E-state index contributed by atoms with van der Waals surface area (Å²) < 4.78 is 85.7. The summed E-state index contributed by atoms with van der Waals surface area (Å²) in [6.45, 7) is -1.69. The maximum absolute atomic E-state index is 12.1. The largest absolute Gasteiger partial charge is 0.402 e. The summed E-state index contributed by atoms with van der Waals surface area (Å²) in [6.07, 6.45) is -1.96. The van der Waals surface area contributed by atoms with Gasteiger partial charge in [-0.2, -0.15) is 13.2 Å². The fourth-order valence-corrected chi connectivity index (χ4v) is 5.72. The molecular weight excluding hydrogens is 421 g/mol. The first-order chi connectivity index (χ1) is 12.9. The van der Waals surface area contributed by atoms with Crippen molar-refractivity contribution < 1.29 is 34.8 Å². The molecule has 0 atom stereocenters. The Morgan fingerprint density at radius 1 is 1.04 bits per heavy atom. The molecule has 7 nitrogen and oxygen atoms in total. The second-order valence-corrected chi connectivity index (χ2v) is 10.7. The highest BCUT2D eigenvalue weighted by atomic mass is 32.2. The molecule has 1 aromatic rings. The summed E-state index contributed by atoms with van der Waals surface area (Å²) in [6, 6.07) is 4.52. The molecule has 1 saturated carbocycles. The third-order valence-corrected chi connectivity index (χ3v) is 8.01. The lowest BCUT2D eigenvalue weighted by Crippen LogP contribution is -2.33. The van der Waals surface area contributed by atoms with Crippen molar-refractivity contribution in [1.82, 2.24) is 4.72 Å². The average Bonchev–Trinajstić information content (AvgIpc) is 3.14. The molecule has 0 spiro atoms. The van der Waals surface area contributed by atoms with E-state index in [1.165, 1.54) is 16.9 Å². The van der Waals surface area contributed by atoms with Crippen LogP contribution in [-0.4, -0.2) is 46.5 Å². The smallest absolute Gasteiger partial charge is 0.326 e. The monoisotopic (exact) mass is 442 g/mol. The number of alkyl halides is 3. The van der Waals surface area contributed by atoms with Crippen LogP contribution in [0.4, 0.5) is 18.9 Å². The van der Waals surface area contributed by atoms with Crippen molar-refractivity contribution in [2.75, 3.05) is 17.6 Å². The van der Waals surface area contributed by atoms with E-state index >= 15 is 0 Å². The lowest BCUT2D eigenvalue weighted by Gasteiger charge is -2.12. The van der Waals surface area contributed by atoms with Gasteiger partial charge in [0.15, 0.2) is 9.84 Å². The molecule has 1 aromatic carbocycles. The van der Waals surface area contributed by atoms with Crippen molar-refractivity contribution in [3.05, 3.63) is 24.3 Å². The number of halogens is 3. The molecule has 0 unspecified atom stereocenters. The van der Waals surface area contributed by atoms with Gasteiger partial charge in [-0.1, -0.05) is 12.8 Å². The van der Waals surface area contributed by atoms with Gasteiger partial charge in [0.05, 0.1) is 15.9 Å². The van der Waals surface area contributed by atoms with Crippen molar-refractivity contribution in [3.8, 4) is 0 Å². The number of sulfone groups is 1. The van der Waals surface area contributed by atoms with E-state index in [2.05, 4.69) is 5.32 Å². The van der Waals surface area contributed by atoms with Gasteiger partial charge in [-0.25, -0.2) is 21.6 Å². The zero-order valence-electron chi connectivity index (χ0n) is 14.8. The second-order valence-electron chi connectivity index (χ2n) is 6.54. The molecule has 2 N–H and O–H groups in total. The van der Waals surface area contributed by atoms with Gasteiger partial charge in [-0.3, -0.25) is 4.79 Å². The van der Waals surface area contributed by atoms with E-state index in [9.17, 15) is 34.8 Å². The van der Waals surface area contributed by atoms with Crippen molar-refractivity contribution in [3.63, 3.8) is 0 Å². The highest BCUT2D eigenvalue weighted by Crippen LogP contribution is 2.25. The van der Waals surface area contributed by atoms with Gasteiger partial charge in [0.2, 0.25) is 15.9 Å². The minimum atomic E-state index is -4.68.